The first-order valence-corrected chi connectivity index (χ1v) is 12.2. The van der Waals surface area contributed by atoms with Crippen LogP contribution in [0.2, 0.25) is 5.02 Å². The Morgan fingerprint density at radius 1 is 0.886 bits per heavy atom. The zero-order valence-electron chi connectivity index (χ0n) is 19.4. The van der Waals surface area contributed by atoms with Crippen LogP contribution in [-0.4, -0.2) is 78.0 Å². The van der Waals surface area contributed by atoms with Crippen LogP contribution in [0.4, 0.5) is 5.69 Å². The van der Waals surface area contributed by atoms with E-state index in [4.69, 9.17) is 16.3 Å². The molecule has 2 aliphatic rings. The molecule has 2 aliphatic heterocycles. The van der Waals surface area contributed by atoms with E-state index in [1.807, 2.05) is 65.6 Å². The second kappa shape index (κ2) is 10.6. The maximum absolute atomic E-state index is 13.6. The molecule has 8 nitrogen and oxygen atoms in total. The summed E-state index contributed by atoms with van der Waals surface area (Å²) in [6.07, 6.45) is 1.65. The number of halogens is 1. The van der Waals surface area contributed by atoms with Crippen molar-refractivity contribution in [1.82, 2.24) is 19.6 Å². The second-order valence-electron chi connectivity index (χ2n) is 8.67. The Balaban J connectivity index is 1.34. The lowest BCUT2D eigenvalue weighted by Gasteiger charge is -2.41. The van der Waals surface area contributed by atoms with Gasteiger partial charge in [-0.3, -0.25) is 14.5 Å². The molecule has 2 saturated heterocycles. The number of morpholine rings is 1. The highest BCUT2D eigenvalue weighted by Gasteiger charge is 2.34. The minimum Gasteiger partial charge on any atom is -0.378 e. The van der Waals surface area contributed by atoms with E-state index in [-0.39, 0.29) is 22.5 Å². The molecule has 1 aromatic heterocycles. The van der Waals surface area contributed by atoms with E-state index < -0.39 is 0 Å². The van der Waals surface area contributed by atoms with E-state index in [2.05, 4.69) is 14.9 Å². The van der Waals surface area contributed by atoms with Gasteiger partial charge in [0.25, 0.3) is 5.56 Å². The number of rotatable bonds is 5. The van der Waals surface area contributed by atoms with Crippen LogP contribution in [0.3, 0.4) is 0 Å². The Bertz CT molecular complexity index is 1210. The van der Waals surface area contributed by atoms with Crippen molar-refractivity contribution in [2.75, 3.05) is 57.4 Å². The van der Waals surface area contributed by atoms with Gasteiger partial charge in [0.1, 0.15) is 11.1 Å². The first-order chi connectivity index (χ1) is 17.1. The van der Waals surface area contributed by atoms with Gasteiger partial charge in [0.15, 0.2) is 0 Å². The Hall–Kier alpha value is -3.20. The highest BCUT2D eigenvalue weighted by Crippen LogP contribution is 2.28. The summed E-state index contributed by atoms with van der Waals surface area (Å²) in [5.41, 5.74) is 1.94. The Morgan fingerprint density at radius 3 is 2.17 bits per heavy atom. The summed E-state index contributed by atoms with van der Waals surface area (Å²) in [7, 11) is 0. The molecule has 0 saturated carbocycles. The number of para-hydroxylation sites is 1. The van der Waals surface area contributed by atoms with Gasteiger partial charge < -0.3 is 14.5 Å². The molecule has 2 fully saturated rings. The number of hydrogen-bond donors (Lipinski definition) is 0. The molecular formula is C26H28ClN5O3. The van der Waals surface area contributed by atoms with Gasteiger partial charge in [-0.25, -0.2) is 0 Å². The van der Waals surface area contributed by atoms with Crippen LogP contribution in [0.5, 0.6) is 0 Å². The van der Waals surface area contributed by atoms with Crippen molar-refractivity contribution in [3.8, 4) is 5.69 Å². The first kappa shape index (κ1) is 23.5. The SMILES string of the molecule is O=C([C@H](c1ccccc1)N1CCN(c2cnn(-c3ccccc3)c(=O)c2Cl)CC1)N1CCOCC1. The average molecular weight is 494 g/mol. The molecular weight excluding hydrogens is 466 g/mol. The topological polar surface area (TPSA) is 70.9 Å². The van der Waals surface area contributed by atoms with Crippen LogP contribution in [0.15, 0.2) is 71.7 Å². The fraction of sp³-hybridized carbons (Fsp3) is 0.346. The molecule has 1 amide bonds. The van der Waals surface area contributed by atoms with Gasteiger partial charge in [0.05, 0.1) is 30.8 Å². The minimum absolute atomic E-state index is 0.109. The van der Waals surface area contributed by atoms with Crippen LogP contribution in [0, 0.1) is 0 Å². The van der Waals surface area contributed by atoms with E-state index in [9.17, 15) is 9.59 Å². The lowest BCUT2D eigenvalue weighted by molar-refractivity contribution is -0.141. The molecule has 0 unspecified atom stereocenters. The summed E-state index contributed by atoms with van der Waals surface area (Å²) in [5.74, 6) is 0.109. The minimum atomic E-state index is -0.351. The maximum atomic E-state index is 13.6. The fourth-order valence-corrected chi connectivity index (χ4v) is 4.97. The summed E-state index contributed by atoms with van der Waals surface area (Å²) < 4.78 is 6.76. The number of carbonyl (C=O) groups is 1. The van der Waals surface area contributed by atoms with Crippen molar-refractivity contribution in [3.63, 3.8) is 0 Å². The van der Waals surface area contributed by atoms with Crippen molar-refractivity contribution in [2.45, 2.75) is 6.04 Å². The number of benzene rings is 2. The molecule has 2 aromatic carbocycles. The zero-order valence-corrected chi connectivity index (χ0v) is 20.2. The van der Waals surface area contributed by atoms with Crippen LogP contribution < -0.4 is 10.5 Å². The molecule has 35 heavy (non-hydrogen) atoms. The highest BCUT2D eigenvalue weighted by molar-refractivity contribution is 6.33. The Kier molecular flexibility index (Phi) is 7.13. The summed E-state index contributed by atoms with van der Waals surface area (Å²) >= 11 is 6.53. The molecule has 3 heterocycles. The molecule has 5 rings (SSSR count). The average Bonchev–Trinajstić information content (AvgIpc) is 2.92. The normalized spacial score (nSPS) is 17.9. The molecule has 3 aromatic rings. The molecule has 0 bridgehead atoms. The van der Waals surface area contributed by atoms with Gasteiger partial charge in [-0.1, -0.05) is 60.1 Å². The summed E-state index contributed by atoms with van der Waals surface area (Å²) in [5, 5.41) is 4.52. The van der Waals surface area contributed by atoms with Gasteiger partial charge in [-0.15, -0.1) is 0 Å². The predicted octanol–water partition coefficient (Wildman–Crippen LogP) is 2.61. The van der Waals surface area contributed by atoms with E-state index >= 15 is 0 Å². The van der Waals surface area contributed by atoms with E-state index in [0.29, 0.717) is 63.9 Å². The van der Waals surface area contributed by atoms with Crippen molar-refractivity contribution in [2.24, 2.45) is 0 Å². The van der Waals surface area contributed by atoms with Gasteiger partial charge in [-0.05, 0) is 17.7 Å². The number of aromatic nitrogens is 2. The molecule has 0 aliphatic carbocycles. The molecule has 182 valence electrons. The molecule has 1 atom stereocenters. The maximum Gasteiger partial charge on any atom is 0.292 e. The summed E-state index contributed by atoms with van der Waals surface area (Å²) in [6.45, 7) is 4.96. The summed E-state index contributed by atoms with van der Waals surface area (Å²) in [6, 6.07) is 18.8. The Morgan fingerprint density at radius 2 is 1.51 bits per heavy atom. The van der Waals surface area contributed by atoms with Crippen molar-refractivity contribution in [1.29, 1.82) is 0 Å². The standard InChI is InChI=1S/C26H28ClN5O3/c27-23-22(19-28-32(25(23)33)21-9-5-2-6-10-21)29-11-13-30(14-12-29)24(20-7-3-1-4-8-20)26(34)31-15-17-35-18-16-31/h1-10,19,24H,11-18H2/t24-/m0/s1. The van der Waals surface area contributed by atoms with Crippen LogP contribution in [-0.2, 0) is 9.53 Å². The third-order valence-electron chi connectivity index (χ3n) is 6.59. The quantitative estimate of drug-likeness (QED) is 0.544. The zero-order chi connectivity index (χ0) is 24.2. The van der Waals surface area contributed by atoms with Gasteiger partial charge in [0.2, 0.25) is 5.91 Å². The Labute approximate surface area is 209 Å². The van der Waals surface area contributed by atoms with Gasteiger partial charge in [0, 0.05) is 39.3 Å². The van der Waals surface area contributed by atoms with Crippen LogP contribution >= 0.6 is 11.6 Å². The van der Waals surface area contributed by atoms with E-state index in [1.165, 1.54) is 4.68 Å². The predicted molar refractivity (Wildman–Crippen MR) is 135 cm³/mol. The summed E-state index contributed by atoms with van der Waals surface area (Å²) in [4.78, 5) is 32.7. The lowest BCUT2D eigenvalue weighted by atomic mass is 10.0. The number of carbonyl (C=O) groups excluding carboxylic acids is 1. The molecule has 9 heteroatoms. The number of anilines is 1. The van der Waals surface area contributed by atoms with Crippen molar-refractivity contribution in [3.05, 3.63) is 87.8 Å². The lowest BCUT2D eigenvalue weighted by Crippen LogP contribution is -2.53. The number of hydrogen-bond acceptors (Lipinski definition) is 6. The van der Waals surface area contributed by atoms with Gasteiger partial charge in [-0.2, -0.15) is 9.78 Å². The van der Waals surface area contributed by atoms with Crippen LogP contribution in [0.25, 0.3) is 5.69 Å². The number of piperazine rings is 1. The molecule has 0 radical (unpaired) electrons. The van der Waals surface area contributed by atoms with Gasteiger partial charge >= 0.3 is 0 Å². The molecule has 0 spiro atoms. The monoisotopic (exact) mass is 493 g/mol. The first-order valence-electron chi connectivity index (χ1n) is 11.9. The van der Waals surface area contributed by atoms with Crippen LogP contribution in [0.1, 0.15) is 11.6 Å². The third kappa shape index (κ3) is 4.96. The molecule has 0 N–H and O–H groups in total. The number of ether oxygens (including phenoxy) is 1. The van der Waals surface area contributed by atoms with E-state index in [1.54, 1.807) is 6.20 Å². The highest BCUT2D eigenvalue weighted by atomic mass is 35.5. The largest absolute Gasteiger partial charge is 0.378 e. The fourth-order valence-electron chi connectivity index (χ4n) is 4.72. The van der Waals surface area contributed by atoms with Crippen molar-refractivity contribution < 1.29 is 9.53 Å². The smallest absolute Gasteiger partial charge is 0.292 e. The second-order valence-corrected chi connectivity index (χ2v) is 9.05. The van der Waals surface area contributed by atoms with E-state index in [0.717, 1.165) is 5.56 Å². The van der Waals surface area contributed by atoms with Crippen molar-refractivity contribution >= 4 is 23.2 Å². The third-order valence-corrected chi connectivity index (χ3v) is 6.95. The number of nitrogens with zero attached hydrogens (tertiary/aromatic N) is 5. The number of amides is 1.